The zero-order valence-corrected chi connectivity index (χ0v) is 15.4. The van der Waals surface area contributed by atoms with Gasteiger partial charge in [-0.3, -0.25) is 0 Å². The fraction of sp³-hybridized carbons (Fsp3) is 0.400. The van der Waals surface area contributed by atoms with Crippen LogP contribution in [0.4, 0.5) is 17.5 Å². The largest absolute Gasteiger partial charge is 0.368 e. The molecule has 1 saturated heterocycles. The van der Waals surface area contributed by atoms with Gasteiger partial charge >= 0.3 is 0 Å². The molecule has 1 aliphatic heterocycles. The summed E-state index contributed by atoms with van der Waals surface area (Å²) in [7, 11) is 0. The summed E-state index contributed by atoms with van der Waals surface area (Å²) in [6.45, 7) is 14.7. The van der Waals surface area contributed by atoms with Crippen molar-refractivity contribution in [1.29, 1.82) is 0 Å². The molecular weight excluding hydrogens is 310 g/mol. The molecule has 0 amide bonds. The molecule has 25 heavy (non-hydrogen) atoms. The van der Waals surface area contributed by atoms with Crippen LogP contribution >= 0.6 is 0 Å². The smallest absolute Gasteiger partial charge is 0.227 e. The van der Waals surface area contributed by atoms with Crippen LogP contribution in [0.15, 0.2) is 36.9 Å². The average molecular weight is 337 g/mol. The van der Waals surface area contributed by atoms with E-state index in [1.807, 2.05) is 19.1 Å². The highest BCUT2D eigenvalue weighted by Crippen LogP contribution is 2.25. The number of hydrogen-bond donors (Lipinski definition) is 1. The Morgan fingerprint density at radius 3 is 2.52 bits per heavy atom. The van der Waals surface area contributed by atoms with Gasteiger partial charge in [0.05, 0.1) is 0 Å². The molecule has 0 atom stereocenters. The van der Waals surface area contributed by atoms with Crippen molar-refractivity contribution in [3.8, 4) is 0 Å². The number of aromatic nitrogens is 2. The lowest BCUT2D eigenvalue weighted by atomic mass is 10.1. The van der Waals surface area contributed by atoms with E-state index in [2.05, 4.69) is 63.7 Å². The van der Waals surface area contributed by atoms with E-state index in [0.717, 1.165) is 43.6 Å². The number of rotatable bonds is 5. The summed E-state index contributed by atoms with van der Waals surface area (Å²) < 4.78 is 0. The van der Waals surface area contributed by atoms with Gasteiger partial charge in [0.15, 0.2) is 0 Å². The number of piperazine rings is 1. The number of benzene rings is 1. The molecule has 0 unspecified atom stereocenters. The van der Waals surface area contributed by atoms with Gasteiger partial charge in [-0.2, -0.15) is 4.98 Å². The fourth-order valence-electron chi connectivity index (χ4n) is 3.19. The topological polar surface area (TPSA) is 44.3 Å². The van der Waals surface area contributed by atoms with Crippen molar-refractivity contribution in [2.24, 2.45) is 0 Å². The molecule has 1 aliphatic rings. The van der Waals surface area contributed by atoms with Crippen molar-refractivity contribution in [2.45, 2.75) is 20.8 Å². The number of anilines is 3. The van der Waals surface area contributed by atoms with Crippen LogP contribution in [0.25, 0.3) is 0 Å². The normalized spacial score (nSPS) is 14.5. The van der Waals surface area contributed by atoms with Gasteiger partial charge in [0.1, 0.15) is 5.82 Å². The molecule has 3 rings (SSSR count). The minimum Gasteiger partial charge on any atom is -0.368 e. The van der Waals surface area contributed by atoms with Gasteiger partial charge in [-0.25, -0.2) is 4.98 Å². The monoisotopic (exact) mass is 337 g/mol. The molecule has 5 heteroatoms. The van der Waals surface area contributed by atoms with E-state index in [9.17, 15) is 0 Å². The Balaban J connectivity index is 1.71. The molecule has 1 N–H and O–H groups in total. The first kappa shape index (κ1) is 17.3. The molecule has 0 aliphatic carbocycles. The first-order chi connectivity index (χ1) is 12.1. The van der Waals surface area contributed by atoms with E-state index >= 15 is 0 Å². The molecule has 1 aromatic carbocycles. The standard InChI is InChI=1S/C20H27N5/c1-5-9-21-19-14-16(3)22-20(23-19)25-12-10-24(11-13-25)18-8-6-7-15(2)17(18)4/h5-8,14H,1,9-13H2,2-4H3,(H,21,22,23). The Morgan fingerprint density at radius 1 is 1.08 bits per heavy atom. The average Bonchev–Trinajstić information content (AvgIpc) is 2.62. The minimum absolute atomic E-state index is 0.705. The number of nitrogens with one attached hydrogen (secondary N) is 1. The molecule has 2 heterocycles. The molecular formula is C20H27N5. The summed E-state index contributed by atoms with van der Waals surface area (Å²) in [5.41, 5.74) is 5.05. The summed E-state index contributed by atoms with van der Waals surface area (Å²) in [5, 5.41) is 3.26. The van der Waals surface area contributed by atoms with Gasteiger partial charge < -0.3 is 15.1 Å². The van der Waals surface area contributed by atoms with Gasteiger partial charge in [-0.1, -0.05) is 18.2 Å². The minimum atomic E-state index is 0.705. The highest BCUT2D eigenvalue weighted by molar-refractivity contribution is 5.57. The molecule has 0 spiro atoms. The molecule has 0 bridgehead atoms. The quantitative estimate of drug-likeness (QED) is 0.848. The Labute approximate surface area is 150 Å². The molecule has 1 aromatic heterocycles. The number of aryl methyl sites for hydroxylation is 2. The maximum absolute atomic E-state index is 4.66. The van der Waals surface area contributed by atoms with Crippen LogP contribution in [0.3, 0.4) is 0 Å². The zero-order valence-electron chi connectivity index (χ0n) is 15.4. The maximum atomic E-state index is 4.66. The molecule has 5 nitrogen and oxygen atoms in total. The molecule has 2 aromatic rings. The van der Waals surface area contributed by atoms with Gasteiger partial charge in [0, 0.05) is 50.2 Å². The zero-order chi connectivity index (χ0) is 17.8. The fourth-order valence-corrected chi connectivity index (χ4v) is 3.19. The van der Waals surface area contributed by atoms with Gasteiger partial charge in [0.25, 0.3) is 0 Å². The lowest BCUT2D eigenvalue weighted by molar-refractivity contribution is 0.638. The first-order valence-corrected chi connectivity index (χ1v) is 8.85. The summed E-state index contributed by atoms with van der Waals surface area (Å²) >= 11 is 0. The second-order valence-electron chi connectivity index (χ2n) is 6.56. The van der Waals surface area contributed by atoms with Gasteiger partial charge in [-0.05, 0) is 38.0 Å². The summed E-state index contributed by atoms with van der Waals surface area (Å²) in [5.74, 6) is 1.67. The van der Waals surface area contributed by atoms with Crippen molar-refractivity contribution in [3.63, 3.8) is 0 Å². The van der Waals surface area contributed by atoms with Crippen LogP contribution in [-0.2, 0) is 0 Å². The third-order valence-electron chi connectivity index (χ3n) is 4.75. The van der Waals surface area contributed by atoms with E-state index in [-0.39, 0.29) is 0 Å². The van der Waals surface area contributed by atoms with Crippen molar-refractivity contribution in [2.75, 3.05) is 47.8 Å². The Morgan fingerprint density at radius 2 is 1.80 bits per heavy atom. The van der Waals surface area contributed by atoms with E-state index < -0.39 is 0 Å². The maximum Gasteiger partial charge on any atom is 0.227 e. The third kappa shape index (κ3) is 3.92. The van der Waals surface area contributed by atoms with E-state index in [4.69, 9.17) is 0 Å². The van der Waals surface area contributed by atoms with Crippen LogP contribution in [-0.4, -0.2) is 42.7 Å². The number of nitrogens with zero attached hydrogens (tertiary/aromatic N) is 4. The molecule has 0 radical (unpaired) electrons. The van der Waals surface area contributed by atoms with E-state index in [0.29, 0.717) is 6.54 Å². The van der Waals surface area contributed by atoms with Crippen molar-refractivity contribution in [3.05, 3.63) is 53.7 Å². The second kappa shape index (κ2) is 7.55. The highest BCUT2D eigenvalue weighted by Gasteiger charge is 2.21. The van der Waals surface area contributed by atoms with Crippen LogP contribution in [0.5, 0.6) is 0 Å². The van der Waals surface area contributed by atoms with Crippen molar-refractivity contribution in [1.82, 2.24) is 9.97 Å². The molecule has 132 valence electrons. The highest BCUT2D eigenvalue weighted by atomic mass is 15.3. The lowest BCUT2D eigenvalue weighted by Gasteiger charge is -2.37. The van der Waals surface area contributed by atoms with Gasteiger partial charge in [-0.15, -0.1) is 6.58 Å². The SMILES string of the molecule is C=CCNc1cc(C)nc(N2CCN(c3cccc(C)c3C)CC2)n1. The predicted molar refractivity (Wildman–Crippen MR) is 106 cm³/mol. The summed E-state index contributed by atoms with van der Waals surface area (Å²) in [4.78, 5) is 14.0. The summed E-state index contributed by atoms with van der Waals surface area (Å²) in [6.07, 6.45) is 1.83. The Bertz CT molecular complexity index is 748. The third-order valence-corrected chi connectivity index (χ3v) is 4.75. The molecule has 1 fully saturated rings. The van der Waals surface area contributed by atoms with Crippen LogP contribution in [0.1, 0.15) is 16.8 Å². The van der Waals surface area contributed by atoms with Crippen LogP contribution in [0, 0.1) is 20.8 Å². The van der Waals surface area contributed by atoms with E-state index in [1.54, 1.807) is 0 Å². The summed E-state index contributed by atoms with van der Waals surface area (Å²) in [6, 6.07) is 8.51. The Kier molecular flexibility index (Phi) is 5.22. The lowest BCUT2D eigenvalue weighted by Crippen LogP contribution is -2.47. The second-order valence-corrected chi connectivity index (χ2v) is 6.56. The van der Waals surface area contributed by atoms with E-state index in [1.165, 1.54) is 16.8 Å². The molecule has 0 saturated carbocycles. The van der Waals surface area contributed by atoms with Crippen molar-refractivity contribution >= 4 is 17.5 Å². The van der Waals surface area contributed by atoms with Crippen LogP contribution in [0.2, 0.25) is 0 Å². The van der Waals surface area contributed by atoms with Gasteiger partial charge in [0.2, 0.25) is 5.95 Å². The number of hydrogen-bond acceptors (Lipinski definition) is 5. The van der Waals surface area contributed by atoms with Crippen LogP contribution < -0.4 is 15.1 Å². The Hall–Kier alpha value is -2.56. The van der Waals surface area contributed by atoms with Crippen molar-refractivity contribution < 1.29 is 0 Å². The predicted octanol–water partition coefficient (Wildman–Crippen LogP) is 3.33. The first-order valence-electron chi connectivity index (χ1n) is 8.85.